The Morgan fingerprint density at radius 3 is 2.50 bits per heavy atom. The maximum atomic E-state index is 11.1. The number of carbonyl (C=O) groups is 1. The fourth-order valence-corrected chi connectivity index (χ4v) is 0.730. The summed E-state index contributed by atoms with van der Waals surface area (Å²) in [6.07, 6.45) is 0. The number of hydrogen-bond acceptors (Lipinski definition) is 1. The first kappa shape index (κ1) is 9.76. The Labute approximate surface area is 67.2 Å². The zero-order chi connectivity index (χ0) is 8.15. The summed E-state index contributed by atoms with van der Waals surface area (Å²) >= 11 is 5.50. The second-order valence-corrected chi connectivity index (χ2v) is 2.72. The quantitative estimate of drug-likeness (QED) is 0.575. The second kappa shape index (κ2) is 4.56. The molecule has 0 bridgehead atoms. The molecule has 0 aromatic rings. The van der Waals surface area contributed by atoms with Gasteiger partial charge in [-0.15, -0.1) is 11.6 Å². The molecule has 1 unspecified atom stereocenters. The van der Waals surface area contributed by atoms with E-state index in [-0.39, 0.29) is 11.8 Å². The molecule has 2 nitrogen and oxygen atoms in total. The number of alkyl halides is 1. The maximum Gasteiger partial charge on any atom is 0.226 e. The van der Waals surface area contributed by atoms with Crippen molar-refractivity contribution in [2.24, 2.45) is 5.92 Å². The van der Waals surface area contributed by atoms with Gasteiger partial charge in [0.2, 0.25) is 5.91 Å². The molecular weight excluding hydrogens is 150 g/mol. The van der Waals surface area contributed by atoms with Gasteiger partial charge in [-0.25, -0.2) is 0 Å². The van der Waals surface area contributed by atoms with Crippen LogP contribution in [0.4, 0.5) is 0 Å². The average Bonchev–Trinajstić information content (AvgIpc) is 2.00. The first-order valence-electron chi connectivity index (χ1n) is 3.44. The molecule has 0 aromatic carbocycles. The Kier molecular flexibility index (Phi) is 4.45. The summed E-state index contributed by atoms with van der Waals surface area (Å²) in [5.74, 6) is 0.479. The zero-order valence-corrected chi connectivity index (χ0v) is 7.48. The van der Waals surface area contributed by atoms with Gasteiger partial charge in [-0.1, -0.05) is 6.92 Å². The fourth-order valence-electron chi connectivity index (χ4n) is 0.598. The molecule has 0 fully saturated rings. The SMILES string of the molecule is CCN(C)C(=O)C(C)CCl. The molecule has 0 spiro atoms. The van der Waals surface area contributed by atoms with Crippen LogP contribution >= 0.6 is 11.6 Å². The van der Waals surface area contributed by atoms with E-state index in [4.69, 9.17) is 11.6 Å². The van der Waals surface area contributed by atoms with Gasteiger partial charge in [-0.2, -0.15) is 0 Å². The molecule has 0 saturated heterocycles. The Morgan fingerprint density at radius 1 is 1.70 bits per heavy atom. The van der Waals surface area contributed by atoms with E-state index in [9.17, 15) is 4.79 Å². The molecule has 0 heterocycles. The fraction of sp³-hybridized carbons (Fsp3) is 0.857. The summed E-state index contributed by atoms with van der Waals surface area (Å²) in [7, 11) is 1.78. The van der Waals surface area contributed by atoms with E-state index in [1.807, 2.05) is 13.8 Å². The van der Waals surface area contributed by atoms with E-state index in [0.29, 0.717) is 5.88 Å². The predicted molar refractivity (Wildman–Crippen MR) is 43.2 cm³/mol. The molecule has 1 amide bonds. The van der Waals surface area contributed by atoms with Crippen LogP contribution in [0, 0.1) is 5.92 Å². The number of amides is 1. The van der Waals surface area contributed by atoms with Crippen LogP contribution in [0.25, 0.3) is 0 Å². The molecule has 0 saturated carbocycles. The first-order chi connectivity index (χ1) is 4.63. The topological polar surface area (TPSA) is 20.3 Å². The van der Waals surface area contributed by atoms with Crippen LogP contribution in [0.5, 0.6) is 0 Å². The van der Waals surface area contributed by atoms with E-state index in [2.05, 4.69) is 0 Å². The summed E-state index contributed by atoms with van der Waals surface area (Å²) < 4.78 is 0. The molecule has 0 N–H and O–H groups in total. The Balaban J connectivity index is 3.82. The van der Waals surface area contributed by atoms with E-state index in [1.165, 1.54) is 0 Å². The molecule has 0 radical (unpaired) electrons. The molecule has 3 heteroatoms. The van der Waals surface area contributed by atoms with E-state index >= 15 is 0 Å². The Bertz CT molecular complexity index is 104. The van der Waals surface area contributed by atoms with Crippen molar-refractivity contribution in [2.45, 2.75) is 13.8 Å². The molecule has 0 rings (SSSR count). The highest BCUT2D eigenvalue weighted by molar-refractivity contribution is 6.19. The summed E-state index contributed by atoms with van der Waals surface area (Å²) in [5, 5.41) is 0. The van der Waals surface area contributed by atoms with Gasteiger partial charge in [0.05, 0.1) is 0 Å². The third kappa shape index (κ3) is 2.56. The van der Waals surface area contributed by atoms with E-state index in [0.717, 1.165) is 6.54 Å². The van der Waals surface area contributed by atoms with Crippen molar-refractivity contribution in [1.29, 1.82) is 0 Å². The van der Waals surface area contributed by atoms with Crippen molar-refractivity contribution in [1.82, 2.24) is 4.90 Å². The number of halogens is 1. The van der Waals surface area contributed by atoms with Gasteiger partial charge < -0.3 is 4.90 Å². The zero-order valence-electron chi connectivity index (χ0n) is 6.72. The van der Waals surface area contributed by atoms with Crippen LogP contribution in [-0.2, 0) is 4.79 Å². The van der Waals surface area contributed by atoms with E-state index in [1.54, 1.807) is 11.9 Å². The van der Waals surface area contributed by atoms with Gasteiger partial charge >= 0.3 is 0 Å². The van der Waals surface area contributed by atoms with Gasteiger partial charge in [0, 0.05) is 25.4 Å². The largest absolute Gasteiger partial charge is 0.346 e. The number of hydrogen-bond donors (Lipinski definition) is 0. The summed E-state index contributed by atoms with van der Waals surface area (Å²) in [6.45, 7) is 4.53. The second-order valence-electron chi connectivity index (χ2n) is 2.41. The lowest BCUT2D eigenvalue weighted by Crippen LogP contribution is -2.32. The van der Waals surface area contributed by atoms with Crippen LogP contribution in [0.15, 0.2) is 0 Å². The van der Waals surface area contributed by atoms with Crippen LogP contribution in [0.3, 0.4) is 0 Å². The van der Waals surface area contributed by atoms with Crippen molar-refractivity contribution in [3.05, 3.63) is 0 Å². The Morgan fingerprint density at radius 2 is 2.20 bits per heavy atom. The molecule has 60 valence electrons. The number of rotatable bonds is 3. The van der Waals surface area contributed by atoms with Gasteiger partial charge in [0.1, 0.15) is 0 Å². The average molecular weight is 164 g/mol. The minimum absolute atomic E-state index is 0.0494. The predicted octanol–water partition coefficient (Wildman–Crippen LogP) is 1.34. The number of carbonyl (C=O) groups excluding carboxylic acids is 1. The van der Waals surface area contributed by atoms with Crippen LogP contribution in [0.2, 0.25) is 0 Å². The Hall–Kier alpha value is -0.240. The van der Waals surface area contributed by atoms with Gasteiger partial charge in [0.25, 0.3) is 0 Å². The molecule has 10 heavy (non-hydrogen) atoms. The molecule has 0 aliphatic rings. The highest BCUT2D eigenvalue weighted by atomic mass is 35.5. The summed E-state index contributed by atoms with van der Waals surface area (Å²) in [5.41, 5.74) is 0. The summed E-state index contributed by atoms with van der Waals surface area (Å²) in [6, 6.07) is 0. The van der Waals surface area contributed by atoms with Crippen LogP contribution in [-0.4, -0.2) is 30.3 Å². The van der Waals surface area contributed by atoms with E-state index < -0.39 is 0 Å². The molecule has 0 aliphatic heterocycles. The monoisotopic (exact) mass is 163 g/mol. The van der Waals surface area contributed by atoms with Crippen molar-refractivity contribution < 1.29 is 4.79 Å². The standard InChI is InChI=1S/C7H14ClNO/c1-4-9(3)7(10)6(2)5-8/h6H,4-5H2,1-3H3. The summed E-state index contributed by atoms with van der Waals surface area (Å²) in [4.78, 5) is 12.8. The minimum Gasteiger partial charge on any atom is -0.346 e. The smallest absolute Gasteiger partial charge is 0.226 e. The minimum atomic E-state index is -0.0494. The first-order valence-corrected chi connectivity index (χ1v) is 3.97. The molecular formula is C7H14ClNO. The van der Waals surface area contributed by atoms with Crippen molar-refractivity contribution in [2.75, 3.05) is 19.5 Å². The lowest BCUT2D eigenvalue weighted by atomic mass is 10.2. The van der Waals surface area contributed by atoms with Gasteiger partial charge in [-0.05, 0) is 6.92 Å². The van der Waals surface area contributed by atoms with Gasteiger partial charge in [-0.3, -0.25) is 4.79 Å². The van der Waals surface area contributed by atoms with Crippen molar-refractivity contribution in [3.8, 4) is 0 Å². The van der Waals surface area contributed by atoms with Gasteiger partial charge in [0.15, 0.2) is 0 Å². The highest BCUT2D eigenvalue weighted by Gasteiger charge is 2.13. The molecule has 0 aromatic heterocycles. The molecule has 0 aliphatic carbocycles. The lowest BCUT2D eigenvalue weighted by molar-refractivity contribution is -0.132. The number of nitrogens with zero attached hydrogens (tertiary/aromatic N) is 1. The van der Waals surface area contributed by atoms with Crippen molar-refractivity contribution >= 4 is 17.5 Å². The highest BCUT2D eigenvalue weighted by Crippen LogP contribution is 2.01. The third-order valence-corrected chi connectivity index (χ3v) is 1.97. The van der Waals surface area contributed by atoms with Crippen molar-refractivity contribution in [3.63, 3.8) is 0 Å². The lowest BCUT2D eigenvalue weighted by Gasteiger charge is -2.17. The van der Waals surface area contributed by atoms with Crippen LogP contribution < -0.4 is 0 Å². The maximum absolute atomic E-state index is 11.1. The third-order valence-electron chi connectivity index (χ3n) is 1.50. The van der Waals surface area contributed by atoms with Crippen LogP contribution in [0.1, 0.15) is 13.8 Å². The normalized spacial score (nSPS) is 12.8. The molecule has 1 atom stereocenters.